The first-order chi connectivity index (χ1) is 15.4. The maximum absolute atomic E-state index is 12.7. The molecule has 0 radical (unpaired) electrons. The Labute approximate surface area is 187 Å². The number of carbonyl (C=O) groups is 1. The normalized spacial score (nSPS) is 30.1. The van der Waals surface area contributed by atoms with Gasteiger partial charge in [0.1, 0.15) is 6.17 Å². The fraction of sp³-hybridized carbons (Fsp3) is 0.619. The number of sulfonamides is 1. The van der Waals surface area contributed by atoms with Crippen LogP contribution in [0.15, 0.2) is 29.2 Å². The molecule has 4 aliphatic rings. The highest BCUT2D eigenvalue weighted by molar-refractivity contribution is 7.89. The molecule has 0 bridgehead atoms. The fourth-order valence-electron chi connectivity index (χ4n) is 5.03. The molecule has 3 unspecified atom stereocenters. The van der Waals surface area contributed by atoms with E-state index in [1.54, 1.807) is 12.1 Å². The smallest absolute Gasteiger partial charge is 0.243 e. The van der Waals surface area contributed by atoms with Crippen molar-refractivity contribution >= 4 is 21.6 Å². The number of hydrazine groups is 1. The molecule has 10 nitrogen and oxygen atoms in total. The van der Waals surface area contributed by atoms with Crippen LogP contribution in [-0.2, 0) is 14.8 Å². The summed E-state index contributed by atoms with van der Waals surface area (Å²) in [6.07, 6.45) is 2.50. The van der Waals surface area contributed by atoms with Crippen molar-refractivity contribution in [1.82, 2.24) is 20.1 Å². The van der Waals surface area contributed by atoms with E-state index in [0.29, 0.717) is 24.6 Å². The summed E-state index contributed by atoms with van der Waals surface area (Å²) < 4.78 is 26.4. The Balaban J connectivity index is 1.33. The number of hydrogen-bond donors (Lipinski definition) is 4. The van der Waals surface area contributed by atoms with Gasteiger partial charge < -0.3 is 15.7 Å². The number of nitriles is 1. The van der Waals surface area contributed by atoms with Crippen LogP contribution in [0.2, 0.25) is 0 Å². The highest BCUT2D eigenvalue weighted by Crippen LogP contribution is 2.41. The van der Waals surface area contributed by atoms with E-state index < -0.39 is 16.1 Å². The summed E-state index contributed by atoms with van der Waals surface area (Å²) in [6.45, 7) is 0.854. The number of piperidine rings is 1. The van der Waals surface area contributed by atoms with E-state index in [-0.39, 0.29) is 48.1 Å². The zero-order valence-electron chi connectivity index (χ0n) is 17.6. The van der Waals surface area contributed by atoms with Crippen LogP contribution in [0.1, 0.15) is 25.7 Å². The Morgan fingerprint density at radius 1 is 1.22 bits per heavy atom. The van der Waals surface area contributed by atoms with Gasteiger partial charge in [0.05, 0.1) is 29.4 Å². The van der Waals surface area contributed by atoms with E-state index >= 15 is 0 Å². The summed E-state index contributed by atoms with van der Waals surface area (Å²) >= 11 is 0. The number of benzene rings is 1. The average molecular weight is 461 g/mol. The topological polar surface area (TPSA) is 138 Å². The second-order valence-corrected chi connectivity index (χ2v) is 11.0. The van der Waals surface area contributed by atoms with Crippen molar-refractivity contribution in [2.45, 2.75) is 54.9 Å². The molecule has 3 heterocycles. The lowest BCUT2D eigenvalue weighted by atomic mass is 9.90. The average Bonchev–Trinajstić information content (AvgIpc) is 3.52. The molecule has 4 N–H and O–H groups in total. The van der Waals surface area contributed by atoms with Crippen molar-refractivity contribution in [3.63, 3.8) is 0 Å². The summed E-state index contributed by atoms with van der Waals surface area (Å²) in [5.74, 6) is 0.154. The van der Waals surface area contributed by atoms with Gasteiger partial charge in [0, 0.05) is 37.4 Å². The largest absolute Gasteiger partial charge is 0.390 e. The van der Waals surface area contributed by atoms with E-state index in [0.717, 1.165) is 19.3 Å². The minimum Gasteiger partial charge on any atom is -0.390 e. The molecule has 1 aliphatic carbocycles. The molecular weight excluding hydrogens is 432 g/mol. The number of carbonyl (C=O) groups excluding carboxylic acids is 1. The molecule has 4 fully saturated rings. The van der Waals surface area contributed by atoms with Crippen LogP contribution in [0, 0.1) is 23.2 Å². The molecule has 0 aromatic heterocycles. The number of nitrogens with zero attached hydrogens (tertiary/aromatic N) is 3. The molecule has 1 aromatic carbocycles. The zero-order valence-corrected chi connectivity index (χ0v) is 18.5. The van der Waals surface area contributed by atoms with Gasteiger partial charge in [0.2, 0.25) is 15.9 Å². The molecule has 32 heavy (non-hydrogen) atoms. The van der Waals surface area contributed by atoms with Crippen molar-refractivity contribution in [3.8, 4) is 6.07 Å². The Morgan fingerprint density at radius 3 is 2.56 bits per heavy atom. The van der Waals surface area contributed by atoms with Gasteiger partial charge >= 0.3 is 0 Å². The van der Waals surface area contributed by atoms with E-state index in [1.165, 1.54) is 16.4 Å². The van der Waals surface area contributed by atoms with Gasteiger partial charge in [-0.15, -0.1) is 0 Å². The number of β-amino-alcohol motifs (C(OH)–C–C–N with tert-alkyl or cyclic N) is 1. The van der Waals surface area contributed by atoms with Crippen LogP contribution < -0.4 is 16.1 Å². The van der Waals surface area contributed by atoms with Crippen molar-refractivity contribution < 1.29 is 18.3 Å². The second-order valence-electron chi connectivity index (χ2n) is 9.10. The molecule has 5 rings (SSSR count). The van der Waals surface area contributed by atoms with E-state index in [4.69, 9.17) is 0 Å². The van der Waals surface area contributed by atoms with Gasteiger partial charge in [-0.3, -0.25) is 4.79 Å². The predicted octanol–water partition coefficient (Wildman–Crippen LogP) is -0.193. The maximum Gasteiger partial charge on any atom is 0.243 e. The van der Waals surface area contributed by atoms with Crippen molar-refractivity contribution in [2.75, 3.05) is 25.0 Å². The Hall–Kier alpha value is -2.23. The summed E-state index contributed by atoms with van der Waals surface area (Å²) in [5.41, 5.74) is 4.16. The van der Waals surface area contributed by atoms with E-state index in [1.807, 2.05) is 0 Å². The number of anilines is 1. The minimum atomic E-state index is -3.61. The first-order valence-corrected chi connectivity index (χ1v) is 12.6. The standard InChI is InChI=1S/C21H28N6O4S/c22-9-7-17(13-1-2-13)27-18-8-10-23-21(29)19(18)20(25-27)24-14-3-5-16(6-4-14)32(30,31)26-11-15(28)12-26/h3-6,13,15,17-20,24-25,28H,1-2,7-8,10-12H2,(H,23,29)/t17-,18?,19?,20?/m0/s1. The Kier molecular flexibility index (Phi) is 5.59. The zero-order chi connectivity index (χ0) is 22.5. The molecule has 11 heteroatoms. The molecule has 172 valence electrons. The van der Waals surface area contributed by atoms with Crippen LogP contribution in [0.3, 0.4) is 0 Å². The van der Waals surface area contributed by atoms with Crippen LogP contribution >= 0.6 is 0 Å². The van der Waals surface area contributed by atoms with Crippen LogP contribution in [-0.4, -0.2) is 72.7 Å². The number of amides is 1. The number of fused-ring (bicyclic) bond motifs is 1. The Morgan fingerprint density at radius 2 is 1.94 bits per heavy atom. The summed E-state index contributed by atoms with van der Waals surface area (Å²) in [7, 11) is -3.61. The lowest BCUT2D eigenvalue weighted by Gasteiger charge is -2.34. The SMILES string of the molecule is N#CC[C@@H](C1CC1)N1NC(Nc2ccc(S(=O)(=O)N3CC(O)C3)cc2)C2C(=O)NCCC21. The van der Waals surface area contributed by atoms with Crippen LogP contribution in [0.25, 0.3) is 0 Å². The van der Waals surface area contributed by atoms with Crippen LogP contribution in [0.5, 0.6) is 0 Å². The van der Waals surface area contributed by atoms with Crippen molar-refractivity contribution in [2.24, 2.45) is 11.8 Å². The molecule has 4 atom stereocenters. The van der Waals surface area contributed by atoms with Gasteiger partial charge in [-0.25, -0.2) is 18.9 Å². The van der Waals surface area contributed by atoms with Crippen LogP contribution in [0.4, 0.5) is 5.69 Å². The first kappa shape index (κ1) is 21.6. The second kappa shape index (κ2) is 8.28. The van der Waals surface area contributed by atoms with Gasteiger partial charge in [0.15, 0.2) is 0 Å². The minimum absolute atomic E-state index is 0.0118. The van der Waals surface area contributed by atoms with Gasteiger partial charge in [-0.1, -0.05) is 0 Å². The highest BCUT2D eigenvalue weighted by atomic mass is 32.2. The predicted molar refractivity (Wildman–Crippen MR) is 115 cm³/mol. The molecule has 3 saturated heterocycles. The quantitative estimate of drug-likeness (QED) is 0.439. The van der Waals surface area contributed by atoms with Gasteiger partial charge in [-0.05, 0) is 49.4 Å². The lowest BCUT2D eigenvalue weighted by molar-refractivity contribution is -0.128. The number of nitrogens with one attached hydrogen (secondary N) is 3. The van der Waals surface area contributed by atoms with Gasteiger partial charge in [0.25, 0.3) is 0 Å². The number of rotatable bonds is 7. The van der Waals surface area contributed by atoms with Crippen molar-refractivity contribution in [1.29, 1.82) is 5.26 Å². The summed E-state index contributed by atoms with van der Waals surface area (Å²) in [5, 5.41) is 27.2. The third-order valence-corrected chi connectivity index (χ3v) is 8.77. The first-order valence-electron chi connectivity index (χ1n) is 11.1. The molecule has 3 aliphatic heterocycles. The Bertz CT molecular complexity index is 1020. The summed E-state index contributed by atoms with van der Waals surface area (Å²) in [6, 6.07) is 8.86. The van der Waals surface area contributed by atoms with Crippen molar-refractivity contribution in [3.05, 3.63) is 24.3 Å². The fourth-order valence-corrected chi connectivity index (χ4v) is 6.55. The molecule has 1 amide bonds. The molecule has 1 saturated carbocycles. The van der Waals surface area contributed by atoms with E-state index in [2.05, 4.69) is 27.1 Å². The van der Waals surface area contributed by atoms with E-state index in [9.17, 15) is 23.6 Å². The third-order valence-electron chi connectivity index (χ3n) is 6.93. The third kappa shape index (κ3) is 3.86. The number of aliphatic hydroxyl groups excluding tert-OH is 1. The number of hydrogen-bond acceptors (Lipinski definition) is 8. The van der Waals surface area contributed by atoms with Gasteiger partial charge in [-0.2, -0.15) is 9.57 Å². The molecule has 1 aromatic rings. The lowest BCUT2D eigenvalue weighted by Crippen LogP contribution is -2.53. The molecule has 0 spiro atoms. The molecular formula is C21H28N6O4S. The number of aliphatic hydroxyl groups is 1. The monoisotopic (exact) mass is 460 g/mol. The summed E-state index contributed by atoms with van der Waals surface area (Å²) in [4.78, 5) is 12.9. The maximum atomic E-state index is 12.7. The highest BCUT2D eigenvalue weighted by Gasteiger charge is 2.51.